The number of rotatable bonds is 4. The zero-order valence-electron chi connectivity index (χ0n) is 21.2. The van der Waals surface area contributed by atoms with Crippen LogP contribution in [0.5, 0.6) is 0 Å². The molecule has 0 saturated carbocycles. The van der Waals surface area contributed by atoms with Gasteiger partial charge in [-0.1, -0.05) is 73.4 Å². The molecule has 0 fully saturated rings. The molecule has 2 aromatic carbocycles. The Labute approximate surface area is 234 Å². The van der Waals surface area contributed by atoms with E-state index in [9.17, 15) is 0 Å². The van der Waals surface area contributed by atoms with Crippen molar-refractivity contribution in [1.29, 1.82) is 0 Å². The molecule has 0 saturated heterocycles. The predicted molar refractivity (Wildman–Crippen MR) is 159 cm³/mol. The second kappa shape index (κ2) is 10.7. The molecule has 0 aromatic heterocycles. The lowest BCUT2D eigenvalue weighted by molar-refractivity contribution is 0.454. The molecule has 33 heavy (non-hydrogen) atoms. The lowest BCUT2D eigenvalue weighted by Crippen LogP contribution is -2.17. The van der Waals surface area contributed by atoms with E-state index in [1.54, 1.807) is 0 Å². The van der Waals surface area contributed by atoms with Crippen LogP contribution in [0.4, 0.5) is 0 Å². The highest BCUT2D eigenvalue weighted by molar-refractivity contribution is 9.11. The number of halogens is 4. The van der Waals surface area contributed by atoms with Crippen LogP contribution in [0.1, 0.15) is 91.5 Å². The molecule has 0 heterocycles. The molecule has 0 spiro atoms. The molecule has 5 heteroatoms. The van der Waals surface area contributed by atoms with Crippen molar-refractivity contribution in [3.05, 3.63) is 75.6 Å². The van der Waals surface area contributed by atoms with E-state index in [1.165, 1.54) is 11.1 Å². The molecule has 0 amide bonds. The van der Waals surface area contributed by atoms with Crippen LogP contribution in [0.3, 0.4) is 0 Å². The maximum atomic E-state index is 6.93. The summed E-state index contributed by atoms with van der Waals surface area (Å²) in [5.74, 6) is 1.76. The second-order valence-electron chi connectivity index (χ2n) is 10.9. The first kappa shape index (κ1) is 28.9. The van der Waals surface area contributed by atoms with Crippen molar-refractivity contribution in [1.82, 2.24) is 0 Å². The molecule has 0 N–H and O–H groups in total. The third-order valence-electron chi connectivity index (χ3n) is 5.29. The van der Waals surface area contributed by atoms with Crippen molar-refractivity contribution < 1.29 is 4.74 Å². The number of ether oxygens (including phenoxy) is 1. The number of benzene rings is 2. The van der Waals surface area contributed by atoms with E-state index in [1.807, 2.05) is 0 Å². The highest BCUT2D eigenvalue weighted by atomic mass is 79.9. The minimum atomic E-state index is -0.0639. The summed E-state index contributed by atoms with van der Waals surface area (Å²) >= 11 is 15.0. The predicted octanol–water partition coefficient (Wildman–Crippen LogP) is 11.6. The fourth-order valence-electron chi connectivity index (χ4n) is 3.70. The van der Waals surface area contributed by atoms with Crippen LogP contribution in [0.2, 0.25) is 0 Å². The molecule has 180 valence electrons. The van der Waals surface area contributed by atoms with Gasteiger partial charge in [-0.3, -0.25) is 0 Å². The fourth-order valence-corrected chi connectivity index (χ4v) is 6.51. The lowest BCUT2D eigenvalue weighted by atomic mass is 9.82. The van der Waals surface area contributed by atoms with Crippen LogP contribution in [0.25, 0.3) is 11.5 Å². The van der Waals surface area contributed by atoms with Gasteiger partial charge in [0.25, 0.3) is 0 Å². The monoisotopic (exact) mass is 702 g/mol. The third-order valence-corrected chi connectivity index (χ3v) is 7.46. The van der Waals surface area contributed by atoms with Crippen LogP contribution in [0, 0.1) is 0 Å². The summed E-state index contributed by atoms with van der Waals surface area (Å²) in [7, 11) is 0. The van der Waals surface area contributed by atoms with Gasteiger partial charge in [-0.25, -0.2) is 0 Å². The van der Waals surface area contributed by atoms with Gasteiger partial charge in [-0.05, 0) is 117 Å². The average molecular weight is 706 g/mol. The van der Waals surface area contributed by atoms with Gasteiger partial charge in [-0.2, -0.15) is 0 Å². The molecular formula is C28H34Br4O. The van der Waals surface area contributed by atoms with Crippen molar-refractivity contribution in [3.8, 4) is 0 Å². The van der Waals surface area contributed by atoms with Gasteiger partial charge in [0.15, 0.2) is 0 Å². The van der Waals surface area contributed by atoms with Crippen LogP contribution in [-0.2, 0) is 15.6 Å². The second-order valence-corrected chi connectivity index (χ2v) is 14.4. The van der Waals surface area contributed by atoms with Crippen molar-refractivity contribution in [3.63, 3.8) is 0 Å². The molecule has 1 nitrogen and oxygen atoms in total. The zero-order valence-corrected chi connectivity index (χ0v) is 27.6. The van der Waals surface area contributed by atoms with Gasteiger partial charge < -0.3 is 4.74 Å². The normalized spacial score (nSPS) is 11.9. The summed E-state index contributed by atoms with van der Waals surface area (Å²) in [6.07, 6.45) is 0. The maximum absolute atomic E-state index is 6.93. The topological polar surface area (TPSA) is 9.23 Å². The molecular weight excluding hydrogens is 672 g/mol. The first-order valence-corrected chi connectivity index (χ1v) is 14.1. The van der Waals surface area contributed by atoms with Crippen molar-refractivity contribution in [2.24, 2.45) is 0 Å². The molecule has 0 bridgehead atoms. The van der Waals surface area contributed by atoms with Gasteiger partial charge in [0.1, 0.15) is 11.5 Å². The summed E-state index contributed by atoms with van der Waals surface area (Å²) < 4.78 is 11.0. The molecule has 0 unspecified atom stereocenters. The molecule has 0 aliphatic rings. The quantitative estimate of drug-likeness (QED) is 0.288. The Morgan fingerprint density at radius 3 is 1.12 bits per heavy atom. The van der Waals surface area contributed by atoms with E-state index in [-0.39, 0.29) is 10.8 Å². The highest BCUT2D eigenvalue weighted by Crippen LogP contribution is 2.44. The Kier molecular flexibility index (Phi) is 9.38. The fraction of sp³-hybridized carbons (Fsp3) is 0.429. The SMILES string of the molecule is CC(C)=C(OC(=C(C)C)c1c(Br)cc(Br)cc1C(C)(C)C)c1c(Br)cc(Br)cc1C(C)(C)C. The standard InChI is InChI=1S/C28H34Br4O/c1-15(2)25(23-19(27(5,6)7)11-17(29)13-21(23)31)33-26(16(3)4)24-20(28(8,9)10)12-18(30)14-22(24)32/h11-14H,1-10H3. The van der Waals surface area contributed by atoms with E-state index in [4.69, 9.17) is 4.74 Å². The van der Waals surface area contributed by atoms with Crippen molar-refractivity contribution in [2.45, 2.75) is 80.1 Å². The largest absolute Gasteiger partial charge is 0.456 e. The summed E-state index contributed by atoms with van der Waals surface area (Å²) in [6.45, 7) is 21.9. The number of hydrogen-bond acceptors (Lipinski definition) is 1. The first-order valence-electron chi connectivity index (χ1n) is 11.0. The molecule has 2 aromatic rings. The van der Waals surface area contributed by atoms with Crippen LogP contribution >= 0.6 is 63.7 Å². The molecule has 0 atom stereocenters. The minimum Gasteiger partial charge on any atom is -0.456 e. The summed E-state index contributed by atoms with van der Waals surface area (Å²) in [4.78, 5) is 0. The summed E-state index contributed by atoms with van der Waals surface area (Å²) in [5, 5.41) is 0. The van der Waals surface area contributed by atoms with Gasteiger partial charge in [0, 0.05) is 29.0 Å². The van der Waals surface area contributed by atoms with Gasteiger partial charge >= 0.3 is 0 Å². The van der Waals surface area contributed by atoms with E-state index < -0.39 is 0 Å². The third kappa shape index (κ3) is 6.86. The molecule has 0 aliphatic carbocycles. The minimum absolute atomic E-state index is 0.0639. The van der Waals surface area contributed by atoms with E-state index in [0.717, 1.165) is 51.7 Å². The number of hydrogen-bond donors (Lipinski definition) is 0. The summed E-state index contributed by atoms with van der Waals surface area (Å²) in [6, 6.07) is 8.58. The summed E-state index contributed by atoms with van der Waals surface area (Å²) in [5.41, 5.74) is 6.74. The molecule has 0 aliphatic heterocycles. The van der Waals surface area contributed by atoms with Crippen molar-refractivity contribution >= 4 is 75.2 Å². The van der Waals surface area contributed by atoms with Crippen molar-refractivity contribution in [2.75, 3.05) is 0 Å². The Morgan fingerprint density at radius 1 is 0.576 bits per heavy atom. The Bertz CT molecular complexity index is 1030. The highest BCUT2D eigenvalue weighted by Gasteiger charge is 2.28. The van der Waals surface area contributed by atoms with Crippen LogP contribution in [0.15, 0.2) is 53.3 Å². The average Bonchev–Trinajstić information content (AvgIpc) is 2.61. The van der Waals surface area contributed by atoms with Crippen LogP contribution in [-0.4, -0.2) is 0 Å². The Morgan fingerprint density at radius 2 is 0.879 bits per heavy atom. The van der Waals surface area contributed by atoms with Gasteiger partial charge in [0.2, 0.25) is 0 Å². The lowest BCUT2D eigenvalue weighted by Gasteiger charge is -2.29. The van der Waals surface area contributed by atoms with Gasteiger partial charge in [0.05, 0.1) is 0 Å². The first-order chi connectivity index (χ1) is 14.9. The number of allylic oxidation sites excluding steroid dienone is 2. The van der Waals surface area contributed by atoms with E-state index in [0.29, 0.717) is 0 Å². The van der Waals surface area contributed by atoms with E-state index >= 15 is 0 Å². The van der Waals surface area contributed by atoms with Gasteiger partial charge in [-0.15, -0.1) is 0 Å². The van der Waals surface area contributed by atoms with Crippen LogP contribution < -0.4 is 0 Å². The zero-order chi connectivity index (χ0) is 25.5. The van der Waals surface area contributed by atoms with E-state index in [2.05, 4.69) is 157 Å². The molecule has 0 radical (unpaired) electrons. The molecule has 2 rings (SSSR count). The Hall–Kier alpha value is -0.360. The smallest absolute Gasteiger partial charge is 0.134 e. The maximum Gasteiger partial charge on any atom is 0.134 e. The Balaban J connectivity index is 2.85.